The number of aromatic amines is 1. The molecule has 4 rings (SSSR count). The predicted octanol–water partition coefficient (Wildman–Crippen LogP) is 3.75. The van der Waals surface area contributed by atoms with E-state index in [-0.39, 0.29) is 23.5 Å². The number of nitriles is 1. The van der Waals surface area contributed by atoms with E-state index < -0.39 is 18.8 Å². The molecule has 31 heavy (non-hydrogen) atoms. The smallest absolute Gasteiger partial charge is 0.422 e. The molecule has 7 nitrogen and oxygen atoms in total. The molecule has 0 saturated heterocycles. The molecule has 0 unspecified atom stereocenters. The van der Waals surface area contributed by atoms with Crippen molar-refractivity contribution in [2.75, 3.05) is 6.61 Å². The molecule has 2 N–H and O–H groups in total. The molecule has 1 amide bonds. The molecule has 2 aromatic heterocycles. The van der Waals surface area contributed by atoms with E-state index in [9.17, 15) is 18.0 Å². The molecule has 10 heteroatoms. The summed E-state index contributed by atoms with van der Waals surface area (Å²) in [5, 5.41) is 11.9. The van der Waals surface area contributed by atoms with Gasteiger partial charge in [-0.15, -0.1) is 0 Å². The van der Waals surface area contributed by atoms with E-state index in [4.69, 9.17) is 5.26 Å². The van der Waals surface area contributed by atoms with Crippen molar-refractivity contribution in [3.63, 3.8) is 0 Å². The molecule has 0 spiro atoms. The van der Waals surface area contributed by atoms with Gasteiger partial charge >= 0.3 is 6.18 Å². The van der Waals surface area contributed by atoms with Crippen LogP contribution in [0.2, 0.25) is 0 Å². The number of carbonyl (C=O) groups is 1. The number of hydrogen-bond acceptors (Lipinski definition) is 5. The highest BCUT2D eigenvalue weighted by molar-refractivity contribution is 5.83. The minimum Gasteiger partial charge on any atom is -0.483 e. The average molecular weight is 429 g/mol. The number of rotatable bonds is 6. The van der Waals surface area contributed by atoms with E-state index in [2.05, 4.69) is 31.1 Å². The topological polar surface area (TPSA) is 104 Å². The largest absolute Gasteiger partial charge is 0.483 e. The SMILES string of the molecule is C[C@@H](NC(=O)[C@@H]1C[C@H]1c1nc2cc(C#N)ccc2[nH]1)c1ccc(OCC(F)(F)F)cn1. The molecule has 1 aromatic carbocycles. The maximum atomic E-state index is 12.6. The number of nitrogens with one attached hydrogen (secondary N) is 2. The first-order chi connectivity index (χ1) is 14.7. The Hall–Kier alpha value is -3.61. The zero-order chi connectivity index (χ0) is 22.2. The minimum absolute atomic E-state index is 0.00583. The number of H-pyrrole nitrogens is 1. The fourth-order valence-electron chi connectivity index (χ4n) is 3.35. The fraction of sp³-hybridized carbons (Fsp3) is 0.333. The Labute approximate surface area is 175 Å². The van der Waals surface area contributed by atoms with Crippen LogP contribution in [-0.2, 0) is 4.79 Å². The Morgan fingerprint density at radius 3 is 2.87 bits per heavy atom. The highest BCUT2D eigenvalue weighted by Gasteiger charge is 2.46. The Morgan fingerprint density at radius 2 is 2.19 bits per heavy atom. The fourth-order valence-corrected chi connectivity index (χ4v) is 3.35. The molecule has 160 valence electrons. The number of ether oxygens (including phenoxy) is 1. The van der Waals surface area contributed by atoms with Crippen LogP contribution in [0.3, 0.4) is 0 Å². The van der Waals surface area contributed by atoms with E-state index in [1.165, 1.54) is 18.3 Å². The van der Waals surface area contributed by atoms with Gasteiger partial charge in [-0.25, -0.2) is 4.98 Å². The van der Waals surface area contributed by atoms with Gasteiger partial charge in [0.15, 0.2) is 6.61 Å². The van der Waals surface area contributed by atoms with Crippen molar-refractivity contribution >= 4 is 16.9 Å². The molecule has 1 aliphatic rings. The third kappa shape index (κ3) is 4.77. The number of halogens is 3. The van der Waals surface area contributed by atoms with Crippen LogP contribution >= 0.6 is 0 Å². The summed E-state index contributed by atoms with van der Waals surface area (Å²) in [7, 11) is 0. The van der Waals surface area contributed by atoms with Crippen molar-refractivity contribution in [2.45, 2.75) is 31.5 Å². The van der Waals surface area contributed by atoms with Gasteiger partial charge in [0.25, 0.3) is 0 Å². The Balaban J connectivity index is 1.34. The highest BCUT2D eigenvalue weighted by atomic mass is 19.4. The quantitative estimate of drug-likeness (QED) is 0.621. The van der Waals surface area contributed by atoms with Gasteiger partial charge in [-0.2, -0.15) is 18.4 Å². The van der Waals surface area contributed by atoms with Crippen molar-refractivity contribution in [3.8, 4) is 11.8 Å². The monoisotopic (exact) mass is 429 g/mol. The van der Waals surface area contributed by atoms with Gasteiger partial charge in [0.1, 0.15) is 11.6 Å². The normalized spacial score (nSPS) is 18.9. The molecule has 1 aliphatic carbocycles. The van der Waals surface area contributed by atoms with Crippen LogP contribution in [-0.4, -0.2) is 33.6 Å². The second-order valence-corrected chi connectivity index (χ2v) is 7.47. The van der Waals surface area contributed by atoms with Crippen molar-refractivity contribution < 1.29 is 22.7 Å². The van der Waals surface area contributed by atoms with Crippen molar-refractivity contribution in [3.05, 3.63) is 53.6 Å². The number of carbonyl (C=O) groups excluding carboxylic acids is 1. The van der Waals surface area contributed by atoms with Gasteiger partial charge in [-0.05, 0) is 43.7 Å². The maximum absolute atomic E-state index is 12.6. The number of imidazole rings is 1. The molecule has 0 bridgehead atoms. The van der Waals surface area contributed by atoms with E-state index in [1.807, 2.05) is 0 Å². The third-order valence-corrected chi connectivity index (χ3v) is 5.07. The van der Waals surface area contributed by atoms with Crippen molar-refractivity contribution in [1.29, 1.82) is 5.26 Å². The van der Waals surface area contributed by atoms with Gasteiger partial charge in [0.05, 0.1) is 40.6 Å². The van der Waals surface area contributed by atoms with E-state index in [0.717, 1.165) is 5.52 Å². The first kappa shape index (κ1) is 20.7. The lowest BCUT2D eigenvalue weighted by Gasteiger charge is -2.14. The minimum atomic E-state index is -4.42. The summed E-state index contributed by atoms with van der Waals surface area (Å²) in [5.41, 5.74) is 2.53. The summed E-state index contributed by atoms with van der Waals surface area (Å²) in [4.78, 5) is 24.4. The highest BCUT2D eigenvalue weighted by Crippen LogP contribution is 2.47. The third-order valence-electron chi connectivity index (χ3n) is 5.07. The van der Waals surface area contributed by atoms with Gasteiger partial charge in [0.2, 0.25) is 5.91 Å². The lowest BCUT2D eigenvalue weighted by Crippen LogP contribution is -2.29. The lowest BCUT2D eigenvalue weighted by atomic mass is 10.2. The Kier molecular flexibility index (Phi) is 5.27. The standard InChI is InChI=1S/C21H18F3N5O2/c1-11(16-5-3-13(9-26-16)31-10-21(22,23)24)27-20(30)15-7-14(15)19-28-17-4-2-12(8-25)6-18(17)29-19/h2-6,9,11,14-15H,7,10H2,1H3,(H,27,30)(H,28,29)/t11-,14-,15-/m1/s1. The summed E-state index contributed by atoms with van der Waals surface area (Å²) in [5.74, 6) is 0.312. The molecule has 3 aromatic rings. The summed E-state index contributed by atoms with van der Waals surface area (Å²) in [6.07, 6.45) is -2.56. The Bertz CT molecular complexity index is 1150. The van der Waals surface area contributed by atoms with Crippen LogP contribution < -0.4 is 10.1 Å². The number of benzene rings is 1. The van der Waals surface area contributed by atoms with Crippen LogP contribution in [0.4, 0.5) is 13.2 Å². The summed E-state index contributed by atoms with van der Waals surface area (Å²) >= 11 is 0. The second-order valence-electron chi connectivity index (χ2n) is 7.47. The van der Waals surface area contributed by atoms with Crippen LogP contribution in [0.1, 0.15) is 42.4 Å². The van der Waals surface area contributed by atoms with Crippen molar-refractivity contribution in [1.82, 2.24) is 20.3 Å². The first-order valence-electron chi connectivity index (χ1n) is 9.59. The van der Waals surface area contributed by atoms with Gasteiger partial charge in [-0.1, -0.05) is 0 Å². The average Bonchev–Trinajstić information content (AvgIpc) is 3.43. The van der Waals surface area contributed by atoms with Gasteiger partial charge < -0.3 is 15.0 Å². The van der Waals surface area contributed by atoms with Crippen LogP contribution in [0.25, 0.3) is 11.0 Å². The number of hydrogen-bond donors (Lipinski definition) is 2. The van der Waals surface area contributed by atoms with E-state index in [1.54, 1.807) is 25.1 Å². The molecular weight excluding hydrogens is 411 g/mol. The molecule has 1 fully saturated rings. The van der Waals surface area contributed by atoms with E-state index in [0.29, 0.717) is 29.0 Å². The van der Waals surface area contributed by atoms with Gasteiger partial charge in [-0.3, -0.25) is 9.78 Å². The predicted molar refractivity (Wildman–Crippen MR) is 104 cm³/mol. The van der Waals surface area contributed by atoms with Crippen LogP contribution in [0.5, 0.6) is 5.75 Å². The number of fused-ring (bicyclic) bond motifs is 1. The Morgan fingerprint density at radius 1 is 1.39 bits per heavy atom. The molecule has 1 saturated carbocycles. The van der Waals surface area contributed by atoms with Crippen LogP contribution in [0, 0.1) is 17.2 Å². The lowest BCUT2D eigenvalue weighted by molar-refractivity contribution is -0.153. The second kappa shape index (κ2) is 7.91. The number of pyridine rings is 1. The molecular formula is C21H18F3N5O2. The summed E-state index contributed by atoms with van der Waals surface area (Å²) in [6, 6.07) is 9.76. The van der Waals surface area contributed by atoms with Gasteiger partial charge in [0, 0.05) is 11.8 Å². The number of nitrogens with zero attached hydrogens (tertiary/aromatic N) is 3. The molecule has 3 atom stereocenters. The van der Waals surface area contributed by atoms with Crippen molar-refractivity contribution in [2.24, 2.45) is 5.92 Å². The zero-order valence-electron chi connectivity index (χ0n) is 16.4. The number of alkyl halides is 3. The number of aromatic nitrogens is 3. The molecule has 0 aliphatic heterocycles. The first-order valence-corrected chi connectivity index (χ1v) is 9.59. The van der Waals surface area contributed by atoms with E-state index >= 15 is 0 Å². The maximum Gasteiger partial charge on any atom is 0.422 e. The molecule has 0 radical (unpaired) electrons. The summed E-state index contributed by atoms with van der Waals surface area (Å²) < 4.78 is 41.3. The molecule has 2 heterocycles. The van der Waals surface area contributed by atoms with Crippen LogP contribution in [0.15, 0.2) is 36.5 Å². The zero-order valence-corrected chi connectivity index (χ0v) is 16.4. The number of amides is 1. The summed E-state index contributed by atoms with van der Waals surface area (Å²) in [6.45, 7) is 0.363.